The number of allylic oxidation sites excluding steroid dienone is 2. The van der Waals surface area contributed by atoms with Crippen molar-refractivity contribution < 1.29 is 29.6 Å². The summed E-state index contributed by atoms with van der Waals surface area (Å²) in [5.74, 6) is -4.17. The third-order valence-electron chi connectivity index (χ3n) is 4.27. The second kappa shape index (κ2) is 6.78. The van der Waals surface area contributed by atoms with Gasteiger partial charge in [-0.1, -0.05) is 23.8 Å². The number of carbonyl (C=O) groups is 2. The summed E-state index contributed by atoms with van der Waals surface area (Å²) in [5.41, 5.74) is 1.57. The molecule has 2 atom stereocenters. The summed E-state index contributed by atoms with van der Waals surface area (Å²) in [4.78, 5) is 24.4. The number of aromatic hydroxyl groups is 3. The van der Waals surface area contributed by atoms with E-state index in [4.69, 9.17) is 4.74 Å². The molecule has 0 bridgehead atoms. The molecule has 1 aliphatic carbocycles. The lowest BCUT2D eigenvalue weighted by Crippen LogP contribution is -2.27. The molecule has 1 aromatic rings. The van der Waals surface area contributed by atoms with Crippen LogP contribution in [-0.4, -0.2) is 27.3 Å². The van der Waals surface area contributed by atoms with Gasteiger partial charge in [0.15, 0.2) is 17.2 Å². The van der Waals surface area contributed by atoms with E-state index in [1.807, 2.05) is 19.9 Å². The minimum absolute atomic E-state index is 0.156. The van der Waals surface area contributed by atoms with Gasteiger partial charge in [-0.2, -0.15) is 0 Å². The fourth-order valence-electron chi connectivity index (χ4n) is 2.66. The van der Waals surface area contributed by atoms with Crippen molar-refractivity contribution in [3.05, 3.63) is 41.5 Å². The molecule has 0 aliphatic heterocycles. The van der Waals surface area contributed by atoms with Crippen LogP contribution >= 0.6 is 0 Å². The molecule has 0 fully saturated rings. The molecular formula is C18H20O6. The molecule has 0 saturated carbocycles. The van der Waals surface area contributed by atoms with Crippen molar-refractivity contribution in [2.45, 2.75) is 26.7 Å². The molecule has 1 aromatic carbocycles. The van der Waals surface area contributed by atoms with E-state index in [0.29, 0.717) is 6.42 Å². The molecule has 0 spiro atoms. The number of esters is 2. The van der Waals surface area contributed by atoms with E-state index in [0.717, 1.165) is 29.7 Å². The zero-order valence-electron chi connectivity index (χ0n) is 13.6. The van der Waals surface area contributed by atoms with E-state index in [-0.39, 0.29) is 11.5 Å². The summed E-state index contributed by atoms with van der Waals surface area (Å²) >= 11 is 0. The molecular weight excluding hydrogens is 312 g/mol. The zero-order valence-corrected chi connectivity index (χ0v) is 13.6. The highest BCUT2D eigenvalue weighted by molar-refractivity contribution is 5.98. The Bertz CT molecular complexity index is 708. The summed E-state index contributed by atoms with van der Waals surface area (Å²) in [6.07, 6.45) is 3.27. The molecule has 0 amide bonds. The van der Waals surface area contributed by atoms with Crippen molar-refractivity contribution in [2.75, 3.05) is 0 Å². The van der Waals surface area contributed by atoms with Crippen LogP contribution in [0.1, 0.15) is 37.0 Å². The second-order valence-corrected chi connectivity index (χ2v) is 6.09. The summed E-state index contributed by atoms with van der Waals surface area (Å²) in [6.45, 7) is 7.61. The van der Waals surface area contributed by atoms with Gasteiger partial charge >= 0.3 is 11.9 Å². The Morgan fingerprint density at radius 3 is 2.33 bits per heavy atom. The molecule has 6 nitrogen and oxygen atoms in total. The van der Waals surface area contributed by atoms with Crippen LogP contribution in [-0.2, 0) is 9.53 Å². The van der Waals surface area contributed by atoms with Crippen LogP contribution in [0.15, 0.2) is 35.9 Å². The molecule has 0 saturated heterocycles. The third kappa shape index (κ3) is 3.59. The summed E-state index contributed by atoms with van der Waals surface area (Å²) in [5, 5.41) is 28.1. The van der Waals surface area contributed by atoms with E-state index in [2.05, 4.69) is 6.58 Å². The van der Waals surface area contributed by atoms with E-state index < -0.39 is 35.1 Å². The maximum absolute atomic E-state index is 12.3. The van der Waals surface area contributed by atoms with Crippen LogP contribution in [0, 0.1) is 11.8 Å². The minimum atomic E-state index is -1.00. The van der Waals surface area contributed by atoms with E-state index >= 15 is 0 Å². The van der Waals surface area contributed by atoms with Gasteiger partial charge in [0.1, 0.15) is 0 Å². The van der Waals surface area contributed by atoms with Crippen molar-refractivity contribution in [1.29, 1.82) is 0 Å². The first kappa shape index (κ1) is 17.6. The van der Waals surface area contributed by atoms with Crippen molar-refractivity contribution in [1.82, 2.24) is 0 Å². The fraction of sp³-hybridized carbons (Fsp3) is 0.333. The second-order valence-electron chi connectivity index (χ2n) is 6.09. The SMILES string of the molecule is C=C(C)C1CC=C(C)C(C(=O)OC(=O)c2cc(O)c(O)c(O)c2)C1. The Morgan fingerprint density at radius 1 is 1.21 bits per heavy atom. The summed E-state index contributed by atoms with van der Waals surface area (Å²) in [6, 6.07) is 1.84. The van der Waals surface area contributed by atoms with Crippen LogP contribution in [0.25, 0.3) is 0 Å². The highest BCUT2D eigenvalue weighted by Gasteiger charge is 2.31. The number of phenolic OH excluding ortho intramolecular Hbond substituents is 3. The summed E-state index contributed by atoms with van der Waals surface area (Å²) in [7, 11) is 0. The van der Waals surface area contributed by atoms with Gasteiger partial charge in [-0.3, -0.25) is 4.79 Å². The quantitative estimate of drug-likeness (QED) is 0.340. The van der Waals surface area contributed by atoms with E-state index in [9.17, 15) is 24.9 Å². The van der Waals surface area contributed by atoms with Gasteiger partial charge in [0.2, 0.25) is 0 Å². The topological polar surface area (TPSA) is 104 Å². The smallest absolute Gasteiger partial charge is 0.346 e. The normalized spacial score (nSPS) is 20.2. The van der Waals surface area contributed by atoms with Crippen molar-refractivity contribution in [2.24, 2.45) is 11.8 Å². The molecule has 3 N–H and O–H groups in total. The van der Waals surface area contributed by atoms with E-state index in [1.165, 1.54) is 0 Å². The average molecular weight is 332 g/mol. The molecule has 6 heteroatoms. The highest BCUT2D eigenvalue weighted by atomic mass is 16.6. The molecule has 0 aromatic heterocycles. The Balaban J connectivity index is 2.14. The zero-order chi connectivity index (χ0) is 18.0. The lowest BCUT2D eigenvalue weighted by atomic mass is 9.79. The molecule has 0 radical (unpaired) electrons. The number of carbonyl (C=O) groups excluding carboxylic acids is 2. The van der Waals surface area contributed by atoms with Crippen molar-refractivity contribution >= 4 is 11.9 Å². The first-order chi connectivity index (χ1) is 11.2. The van der Waals surface area contributed by atoms with Gasteiger partial charge in [0.05, 0.1) is 11.5 Å². The highest BCUT2D eigenvalue weighted by Crippen LogP contribution is 2.36. The van der Waals surface area contributed by atoms with Gasteiger partial charge in [0.25, 0.3) is 0 Å². The number of rotatable bonds is 3. The molecule has 24 heavy (non-hydrogen) atoms. The van der Waals surface area contributed by atoms with E-state index in [1.54, 1.807) is 0 Å². The fourth-order valence-corrected chi connectivity index (χ4v) is 2.66. The Morgan fingerprint density at radius 2 is 1.79 bits per heavy atom. The number of hydrogen-bond donors (Lipinski definition) is 3. The first-order valence-electron chi connectivity index (χ1n) is 7.53. The van der Waals surface area contributed by atoms with Crippen LogP contribution < -0.4 is 0 Å². The average Bonchev–Trinajstić information content (AvgIpc) is 2.52. The van der Waals surface area contributed by atoms with Gasteiger partial charge < -0.3 is 20.1 Å². The van der Waals surface area contributed by atoms with Crippen molar-refractivity contribution in [3.63, 3.8) is 0 Å². The molecule has 2 unspecified atom stereocenters. The maximum atomic E-state index is 12.3. The Hall–Kier alpha value is -2.76. The number of hydrogen-bond acceptors (Lipinski definition) is 6. The minimum Gasteiger partial charge on any atom is -0.504 e. The lowest BCUT2D eigenvalue weighted by Gasteiger charge is -2.27. The van der Waals surface area contributed by atoms with Gasteiger partial charge in [-0.05, 0) is 44.7 Å². The maximum Gasteiger partial charge on any atom is 0.346 e. The summed E-state index contributed by atoms with van der Waals surface area (Å²) < 4.78 is 4.87. The van der Waals surface area contributed by atoms with Gasteiger partial charge in [-0.15, -0.1) is 0 Å². The molecule has 0 heterocycles. The lowest BCUT2D eigenvalue weighted by molar-refractivity contribution is -0.141. The first-order valence-corrected chi connectivity index (χ1v) is 7.53. The largest absolute Gasteiger partial charge is 0.504 e. The number of ether oxygens (including phenoxy) is 1. The van der Waals surface area contributed by atoms with Crippen LogP contribution in [0.4, 0.5) is 0 Å². The Kier molecular flexibility index (Phi) is 4.97. The molecule has 2 rings (SSSR count). The standard InChI is InChI=1S/C18H20O6/c1-9(2)11-5-4-10(3)13(6-11)18(23)24-17(22)12-7-14(19)16(21)15(20)8-12/h4,7-8,11,13,19-21H,1,5-6H2,2-3H3. The van der Waals surface area contributed by atoms with Crippen molar-refractivity contribution in [3.8, 4) is 17.2 Å². The van der Waals surface area contributed by atoms with Crippen LogP contribution in [0.3, 0.4) is 0 Å². The third-order valence-corrected chi connectivity index (χ3v) is 4.27. The molecule has 128 valence electrons. The number of benzene rings is 1. The number of phenols is 3. The monoisotopic (exact) mass is 332 g/mol. The predicted octanol–water partition coefficient (Wildman–Crippen LogP) is 3.04. The van der Waals surface area contributed by atoms with Gasteiger partial charge in [0, 0.05) is 0 Å². The Labute approximate surface area is 139 Å². The molecule has 1 aliphatic rings. The predicted molar refractivity (Wildman–Crippen MR) is 86.6 cm³/mol. The van der Waals surface area contributed by atoms with Gasteiger partial charge in [-0.25, -0.2) is 4.79 Å². The van der Waals surface area contributed by atoms with Crippen LogP contribution in [0.5, 0.6) is 17.2 Å². The van der Waals surface area contributed by atoms with Crippen LogP contribution in [0.2, 0.25) is 0 Å².